The molecule has 0 unspecified atom stereocenters. The summed E-state index contributed by atoms with van der Waals surface area (Å²) in [4.78, 5) is 0. The van der Waals surface area contributed by atoms with Crippen LogP contribution in [-0.4, -0.2) is 0 Å². The molecule has 0 heterocycles. The Morgan fingerprint density at radius 1 is 1.25 bits per heavy atom. The van der Waals surface area contributed by atoms with Crippen molar-refractivity contribution in [3.05, 3.63) is 64.2 Å². The first-order valence-electron chi connectivity index (χ1n) is 5.00. The van der Waals surface area contributed by atoms with E-state index in [1.807, 2.05) is 44.2 Å². The third-order valence-electron chi connectivity index (χ3n) is 2.10. The van der Waals surface area contributed by atoms with Crippen molar-refractivity contribution >= 4 is 28.8 Å². The molecule has 0 aliphatic heterocycles. The maximum atomic E-state index is 6.14. The lowest BCUT2D eigenvalue weighted by Gasteiger charge is -2.05. The van der Waals surface area contributed by atoms with Gasteiger partial charge >= 0.3 is 0 Å². The van der Waals surface area contributed by atoms with Crippen molar-refractivity contribution in [1.82, 2.24) is 0 Å². The SMILES string of the molecule is C=C(C)/C=C\C(=C/C)c1ccc(Cl)cc1Cl. The number of rotatable bonds is 3. The van der Waals surface area contributed by atoms with E-state index >= 15 is 0 Å². The van der Waals surface area contributed by atoms with Crippen molar-refractivity contribution in [3.63, 3.8) is 0 Å². The lowest BCUT2D eigenvalue weighted by Crippen LogP contribution is -1.83. The minimum absolute atomic E-state index is 0.646. The average Bonchev–Trinajstić information content (AvgIpc) is 2.21. The van der Waals surface area contributed by atoms with E-state index in [1.54, 1.807) is 6.07 Å². The minimum Gasteiger partial charge on any atom is -0.0961 e. The van der Waals surface area contributed by atoms with E-state index < -0.39 is 0 Å². The quantitative estimate of drug-likeness (QED) is 0.621. The minimum atomic E-state index is 0.646. The third kappa shape index (κ3) is 3.55. The Hall–Kier alpha value is -0.980. The maximum Gasteiger partial charge on any atom is 0.0499 e. The van der Waals surface area contributed by atoms with Crippen LogP contribution in [-0.2, 0) is 0 Å². The molecule has 16 heavy (non-hydrogen) atoms. The molecule has 0 bridgehead atoms. The Labute approximate surface area is 107 Å². The zero-order valence-electron chi connectivity index (χ0n) is 9.43. The fourth-order valence-electron chi connectivity index (χ4n) is 1.30. The number of halogens is 2. The highest BCUT2D eigenvalue weighted by Gasteiger charge is 2.03. The summed E-state index contributed by atoms with van der Waals surface area (Å²) in [5, 5.41) is 1.31. The van der Waals surface area contributed by atoms with Gasteiger partial charge in [0.1, 0.15) is 0 Å². The van der Waals surface area contributed by atoms with Gasteiger partial charge in [0, 0.05) is 15.6 Å². The maximum absolute atomic E-state index is 6.14. The molecule has 0 radical (unpaired) electrons. The predicted octanol–water partition coefficient (Wildman–Crippen LogP) is 5.53. The van der Waals surface area contributed by atoms with Crippen molar-refractivity contribution in [1.29, 1.82) is 0 Å². The van der Waals surface area contributed by atoms with E-state index in [2.05, 4.69) is 6.58 Å². The van der Waals surface area contributed by atoms with Gasteiger partial charge in [0.25, 0.3) is 0 Å². The van der Waals surface area contributed by atoms with Gasteiger partial charge in [-0.15, -0.1) is 0 Å². The van der Waals surface area contributed by atoms with Crippen molar-refractivity contribution in [2.24, 2.45) is 0 Å². The average molecular weight is 253 g/mol. The molecular formula is C14H14Cl2. The number of hydrogen-bond acceptors (Lipinski definition) is 0. The van der Waals surface area contributed by atoms with Gasteiger partial charge < -0.3 is 0 Å². The normalized spacial score (nSPS) is 12.1. The second-order valence-electron chi connectivity index (χ2n) is 3.55. The Kier molecular flexibility index (Phi) is 4.85. The van der Waals surface area contributed by atoms with Crippen LogP contribution in [0.4, 0.5) is 0 Å². The second-order valence-corrected chi connectivity index (χ2v) is 4.39. The van der Waals surface area contributed by atoms with Gasteiger partial charge in [-0.3, -0.25) is 0 Å². The van der Waals surface area contributed by atoms with E-state index in [0.29, 0.717) is 10.0 Å². The first kappa shape index (κ1) is 13.1. The van der Waals surface area contributed by atoms with Crippen LogP contribution in [0, 0.1) is 0 Å². The first-order chi connectivity index (χ1) is 7.54. The topological polar surface area (TPSA) is 0 Å². The van der Waals surface area contributed by atoms with Gasteiger partial charge in [0.2, 0.25) is 0 Å². The van der Waals surface area contributed by atoms with Gasteiger partial charge in [0.15, 0.2) is 0 Å². The Balaban J connectivity index is 3.10. The summed E-state index contributed by atoms with van der Waals surface area (Å²) in [5.74, 6) is 0. The monoisotopic (exact) mass is 252 g/mol. The van der Waals surface area contributed by atoms with Gasteiger partial charge in [-0.1, -0.05) is 59.6 Å². The molecule has 0 aromatic heterocycles. The van der Waals surface area contributed by atoms with Crippen LogP contribution in [0.15, 0.2) is 48.6 Å². The summed E-state index contributed by atoms with van der Waals surface area (Å²) < 4.78 is 0. The van der Waals surface area contributed by atoms with Gasteiger partial charge in [-0.2, -0.15) is 0 Å². The van der Waals surface area contributed by atoms with E-state index in [9.17, 15) is 0 Å². The zero-order valence-corrected chi connectivity index (χ0v) is 10.9. The molecule has 0 spiro atoms. The Bertz CT molecular complexity index is 454. The molecule has 2 heteroatoms. The molecular weight excluding hydrogens is 239 g/mol. The number of benzene rings is 1. The van der Waals surface area contributed by atoms with Crippen LogP contribution < -0.4 is 0 Å². The lowest BCUT2D eigenvalue weighted by molar-refractivity contribution is 1.54. The summed E-state index contributed by atoms with van der Waals surface area (Å²) in [7, 11) is 0. The molecule has 0 aliphatic carbocycles. The van der Waals surface area contributed by atoms with Crippen LogP contribution in [0.1, 0.15) is 19.4 Å². The highest BCUT2D eigenvalue weighted by molar-refractivity contribution is 6.35. The van der Waals surface area contributed by atoms with Crippen molar-refractivity contribution in [2.45, 2.75) is 13.8 Å². The standard InChI is InChI=1S/C14H14Cl2/c1-4-11(6-5-10(2)3)13-8-7-12(15)9-14(13)16/h4-9H,2H2,1,3H3/b6-5-,11-4+. The summed E-state index contributed by atoms with van der Waals surface area (Å²) in [6.07, 6.45) is 5.96. The van der Waals surface area contributed by atoms with Crippen LogP contribution >= 0.6 is 23.2 Å². The summed E-state index contributed by atoms with van der Waals surface area (Å²) in [6, 6.07) is 5.50. The van der Waals surface area contributed by atoms with Gasteiger partial charge in [-0.05, 0) is 31.6 Å². The molecule has 1 rings (SSSR count). The molecule has 0 atom stereocenters. The van der Waals surface area contributed by atoms with Crippen LogP contribution in [0.2, 0.25) is 10.0 Å². The third-order valence-corrected chi connectivity index (χ3v) is 2.65. The molecule has 0 aliphatic rings. The van der Waals surface area contributed by atoms with E-state index in [-0.39, 0.29) is 0 Å². The molecule has 0 nitrogen and oxygen atoms in total. The smallest absolute Gasteiger partial charge is 0.0499 e. The number of hydrogen-bond donors (Lipinski definition) is 0. The predicted molar refractivity (Wildman–Crippen MR) is 74.1 cm³/mol. The molecule has 0 fully saturated rings. The molecule has 1 aromatic rings. The molecule has 0 amide bonds. The Morgan fingerprint density at radius 3 is 2.44 bits per heavy atom. The van der Waals surface area contributed by atoms with Crippen LogP contribution in [0.3, 0.4) is 0 Å². The van der Waals surface area contributed by atoms with Gasteiger partial charge in [-0.25, -0.2) is 0 Å². The van der Waals surface area contributed by atoms with E-state index in [4.69, 9.17) is 23.2 Å². The van der Waals surface area contributed by atoms with E-state index in [0.717, 1.165) is 16.7 Å². The summed E-state index contributed by atoms with van der Waals surface area (Å²) >= 11 is 12.0. The Morgan fingerprint density at radius 2 is 1.94 bits per heavy atom. The molecule has 1 aromatic carbocycles. The molecule has 84 valence electrons. The first-order valence-corrected chi connectivity index (χ1v) is 5.75. The van der Waals surface area contributed by atoms with Crippen molar-refractivity contribution < 1.29 is 0 Å². The molecule has 0 saturated heterocycles. The highest BCUT2D eigenvalue weighted by atomic mass is 35.5. The van der Waals surface area contributed by atoms with Crippen LogP contribution in [0.25, 0.3) is 5.57 Å². The number of allylic oxidation sites excluding steroid dienone is 5. The summed E-state index contributed by atoms with van der Waals surface area (Å²) in [6.45, 7) is 7.75. The second kappa shape index (κ2) is 5.93. The van der Waals surface area contributed by atoms with Crippen molar-refractivity contribution in [2.75, 3.05) is 0 Å². The van der Waals surface area contributed by atoms with E-state index in [1.165, 1.54) is 0 Å². The fourth-order valence-corrected chi connectivity index (χ4v) is 1.81. The fraction of sp³-hybridized carbons (Fsp3) is 0.143. The largest absolute Gasteiger partial charge is 0.0961 e. The lowest BCUT2D eigenvalue weighted by atomic mass is 10.0. The summed E-state index contributed by atoms with van der Waals surface area (Å²) in [5.41, 5.74) is 3.04. The molecule has 0 saturated carbocycles. The van der Waals surface area contributed by atoms with Crippen LogP contribution in [0.5, 0.6) is 0 Å². The zero-order chi connectivity index (χ0) is 12.1. The van der Waals surface area contributed by atoms with Crippen molar-refractivity contribution in [3.8, 4) is 0 Å². The highest BCUT2D eigenvalue weighted by Crippen LogP contribution is 2.27. The van der Waals surface area contributed by atoms with Gasteiger partial charge in [0.05, 0.1) is 0 Å². The molecule has 0 N–H and O–H groups in total.